The topological polar surface area (TPSA) is 80.1 Å². The van der Waals surface area contributed by atoms with Crippen molar-refractivity contribution in [3.05, 3.63) is 82.9 Å². The first-order chi connectivity index (χ1) is 14.0. The number of rotatable bonds is 4. The SMILES string of the molecule is Cc1ccccc1Cn1cc(C(=O)N2CCNC(=O)C2c2cccc(F)c2)nn1. The van der Waals surface area contributed by atoms with Gasteiger partial charge in [-0.05, 0) is 35.7 Å². The fourth-order valence-corrected chi connectivity index (χ4v) is 3.48. The molecule has 0 saturated carbocycles. The largest absolute Gasteiger partial charge is 0.352 e. The van der Waals surface area contributed by atoms with Crippen LogP contribution in [0.2, 0.25) is 0 Å². The van der Waals surface area contributed by atoms with Gasteiger partial charge in [0.15, 0.2) is 5.69 Å². The van der Waals surface area contributed by atoms with Gasteiger partial charge in [-0.3, -0.25) is 9.59 Å². The van der Waals surface area contributed by atoms with Crippen LogP contribution >= 0.6 is 0 Å². The van der Waals surface area contributed by atoms with Crippen LogP contribution in [0, 0.1) is 12.7 Å². The molecule has 1 aliphatic heterocycles. The van der Waals surface area contributed by atoms with E-state index in [4.69, 9.17) is 0 Å². The smallest absolute Gasteiger partial charge is 0.277 e. The maximum Gasteiger partial charge on any atom is 0.277 e. The number of carbonyl (C=O) groups excluding carboxylic acids is 2. The molecule has 0 spiro atoms. The number of hydrogen-bond donors (Lipinski definition) is 1. The standard InChI is InChI=1S/C21H20FN5O2/c1-14-5-2-3-6-16(14)12-26-13-18(24-25-26)21(29)27-10-9-23-20(28)19(27)15-7-4-8-17(22)11-15/h2-8,11,13,19H,9-10,12H2,1H3,(H,23,28). The van der Waals surface area contributed by atoms with E-state index in [1.807, 2.05) is 31.2 Å². The van der Waals surface area contributed by atoms with Gasteiger partial charge in [0.2, 0.25) is 5.91 Å². The first-order valence-electron chi connectivity index (χ1n) is 9.32. The molecule has 1 aliphatic rings. The quantitative estimate of drug-likeness (QED) is 0.736. The van der Waals surface area contributed by atoms with Crippen LogP contribution in [0.15, 0.2) is 54.7 Å². The average Bonchev–Trinajstić information content (AvgIpc) is 3.17. The number of piperazine rings is 1. The summed E-state index contributed by atoms with van der Waals surface area (Å²) in [5.41, 5.74) is 2.76. The van der Waals surface area contributed by atoms with Gasteiger partial charge in [-0.15, -0.1) is 5.10 Å². The number of carbonyl (C=O) groups is 2. The monoisotopic (exact) mass is 393 g/mol. The Bertz CT molecular complexity index is 1060. The lowest BCUT2D eigenvalue weighted by Crippen LogP contribution is -2.52. The van der Waals surface area contributed by atoms with Gasteiger partial charge < -0.3 is 10.2 Å². The van der Waals surface area contributed by atoms with Crippen LogP contribution in [0.25, 0.3) is 0 Å². The van der Waals surface area contributed by atoms with E-state index in [0.717, 1.165) is 11.1 Å². The summed E-state index contributed by atoms with van der Waals surface area (Å²) < 4.78 is 15.3. The third-order valence-corrected chi connectivity index (χ3v) is 4.99. The number of nitrogens with one attached hydrogen (secondary N) is 1. The van der Waals surface area contributed by atoms with Gasteiger partial charge in [0.25, 0.3) is 5.91 Å². The summed E-state index contributed by atoms with van der Waals surface area (Å²) >= 11 is 0. The van der Waals surface area contributed by atoms with Crippen LogP contribution in [-0.2, 0) is 11.3 Å². The number of benzene rings is 2. The first kappa shape index (κ1) is 18.8. The van der Waals surface area contributed by atoms with E-state index in [9.17, 15) is 14.0 Å². The molecule has 1 saturated heterocycles. The lowest BCUT2D eigenvalue weighted by atomic mass is 10.0. The zero-order chi connectivity index (χ0) is 20.4. The lowest BCUT2D eigenvalue weighted by Gasteiger charge is -2.34. The maximum absolute atomic E-state index is 13.7. The molecular weight excluding hydrogens is 373 g/mol. The highest BCUT2D eigenvalue weighted by molar-refractivity contribution is 5.97. The molecule has 1 fully saturated rings. The minimum Gasteiger partial charge on any atom is -0.352 e. The van der Waals surface area contributed by atoms with Crippen LogP contribution in [0.4, 0.5) is 4.39 Å². The van der Waals surface area contributed by atoms with Crippen LogP contribution in [0.1, 0.15) is 33.2 Å². The van der Waals surface area contributed by atoms with Gasteiger partial charge in [-0.25, -0.2) is 9.07 Å². The molecule has 0 bridgehead atoms. The molecule has 3 aromatic rings. The van der Waals surface area contributed by atoms with Crippen molar-refractivity contribution >= 4 is 11.8 Å². The second kappa shape index (κ2) is 7.83. The van der Waals surface area contributed by atoms with Gasteiger partial charge in [0.05, 0.1) is 12.7 Å². The van der Waals surface area contributed by atoms with Gasteiger partial charge >= 0.3 is 0 Å². The Labute approximate surface area is 167 Å². The molecule has 0 aliphatic carbocycles. The summed E-state index contributed by atoms with van der Waals surface area (Å²) in [4.78, 5) is 27.0. The second-order valence-corrected chi connectivity index (χ2v) is 6.97. The average molecular weight is 393 g/mol. The predicted molar refractivity (Wildman–Crippen MR) is 103 cm³/mol. The van der Waals surface area contributed by atoms with Gasteiger partial charge in [0, 0.05) is 13.1 Å². The predicted octanol–water partition coefficient (Wildman–Crippen LogP) is 2.09. The van der Waals surface area contributed by atoms with Crippen molar-refractivity contribution in [3.63, 3.8) is 0 Å². The van der Waals surface area contributed by atoms with Crippen LogP contribution < -0.4 is 5.32 Å². The minimum atomic E-state index is -0.909. The van der Waals surface area contributed by atoms with Crippen molar-refractivity contribution in [2.24, 2.45) is 0 Å². The zero-order valence-corrected chi connectivity index (χ0v) is 15.9. The first-order valence-corrected chi connectivity index (χ1v) is 9.32. The van der Waals surface area contributed by atoms with Crippen LogP contribution in [-0.4, -0.2) is 44.8 Å². The summed E-state index contributed by atoms with van der Waals surface area (Å²) in [5.74, 6) is -1.22. The molecule has 1 N–H and O–H groups in total. The molecule has 148 valence electrons. The third-order valence-electron chi connectivity index (χ3n) is 4.99. The van der Waals surface area contributed by atoms with Crippen molar-refractivity contribution in [1.82, 2.24) is 25.2 Å². The molecule has 1 unspecified atom stereocenters. The zero-order valence-electron chi connectivity index (χ0n) is 15.9. The van der Waals surface area contributed by atoms with E-state index in [1.165, 1.54) is 23.1 Å². The van der Waals surface area contributed by atoms with Crippen molar-refractivity contribution in [1.29, 1.82) is 0 Å². The number of amides is 2. The molecule has 1 aromatic heterocycles. The van der Waals surface area contributed by atoms with E-state index in [-0.39, 0.29) is 11.6 Å². The third kappa shape index (κ3) is 3.87. The van der Waals surface area contributed by atoms with Crippen molar-refractivity contribution in [2.45, 2.75) is 19.5 Å². The molecule has 2 amide bonds. The molecule has 8 heteroatoms. The van der Waals surface area contributed by atoms with Crippen LogP contribution in [0.3, 0.4) is 0 Å². The molecule has 4 rings (SSSR count). The van der Waals surface area contributed by atoms with Crippen molar-refractivity contribution < 1.29 is 14.0 Å². The Hall–Kier alpha value is -3.55. The van der Waals surface area contributed by atoms with Crippen molar-refractivity contribution in [3.8, 4) is 0 Å². The number of halogens is 1. The van der Waals surface area contributed by atoms with E-state index in [0.29, 0.717) is 25.2 Å². The Morgan fingerprint density at radius 3 is 2.86 bits per heavy atom. The Kier molecular flexibility index (Phi) is 5.07. The second-order valence-electron chi connectivity index (χ2n) is 6.97. The molecule has 29 heavy (non-hydrogen) atoms. The maximum atomic E-state index is 13.7. The summed E-state index contributed by atoms with van der Waals surface area (Å²) in [7, 11) is 0. The normalized spacial score (nSPS) is 16.6. The highest BCUT2D eigenvalue weighted by Gasteiger charge is 2.36. The summed E-state index contributed by atoms with van der Waals surface area (Å²) in [6.07, 6.45) is 1.57. The van der Waals surface area contributed by atoms with Crippen molar-refractivity contribution in [2.75, 3.05) is 13.1 Å². The van der Waals surface area contributed by atoms with Crippen LogP contribution in [0.5, 0.6) is 0 Å². The molecular formula is C21H20FN5O2. The van der Waals surface area contributed by atoms with Gasteiger partial charge in [-0.2, -0.15) is 0 Å². The summed E-state index contributed by atoms with van der Waals surface area (Å²) in [5, 5.41) is 10.8. The molecule has 7 nitrogen and oxygen atoms in total. The minimum absolute atomic E-state index is 0.148. The fraction of sp³-hybridized carbons (Fsp3) is 0.238. The Morgan fingerprint density at radius 1 is 1.24 bits per heavy atom. The molecule has 1 atom stereocenters. The summed E-state index contributed by atoms with van der Waals surface area (Å²) in [6.45, 7) is 3.12. The number of aryl methyl sites for hydroxylation is 1. The molecule has 2 aromatic carbocycles. The highest BCUT2D eigenvalue weighted by atomic mass is 19.1. The fourth-order valence-electron chi connectivity index (χ4n) is 3.48. The molecule has 2 heterocycles. The van der Waals surface area contributed by atoms with Gasteiger partial charge in [-0.1, -0.05) is 41.6 Å². The lowest BCUT2D eigenvalue weighted by molar-refractivity contribution is -0.128. The number of nitrogens with zero attached hydrogens (tertiary/aromatic N) is 4. The number of aromatic nitrogens is 3. The molecule has 0 radical (unpaired) electrons. The van der Waals surface area contributed by atoms with E-state index < -0.39 is 17.8 Å². The van der Waals surface area contributed by atoms with E-state index >= 15 is 0 Å². The van der Waals surface area contributed by atoms with E-state index in [1.54, 1.807) is 16.9 Å². The Morgan fingerprint density at radius 2 is 2.07 bits per heavy atom. The highest BCUT2D eigenvalue weighted by Crippen LogP contribution is 2.25. The van der Waals surface area contributed by atoms with E-state index in [2.05, 4.69) is 15.6 Å². The Balaban J connectivity index is 1.58. The van der Waals surface area contributed by atoms with Gasteiger partial charge in [0.1, 0.15) is 11.9 Å². The summed E-state index contributed by atoms with van der Waals surface area (Å²) in [6, 6.07) is 12.7. The number of hydrogen-bond acceptors (Lipinski definition) is 4.